The Kier molecular flexibility index (Phi) is 4.18. The Balaban J connectivity index is 2.27. The summed E-state index contributed by atoms with van der Waals surface area (Å²) in [5.74, 6) is -1.32. The molecule has 0 atom stereocenters. The van der Waals surface area contributed by atoms with Crippen molar-refractivity contribution in [1.82, 2.24) is 0 Å². The highest BCUT2D eigenvalue weighted by Crippen LogP contribution is 2.29. The van der Waals surface area contributed by atoms with Gasteiger partial charge in [0.15, 0.2) is 0 Å². The van der Waals surface area contributed by atoms with Gasteiger partial charge in [-0.05, 0) is 24.6 Å². The normalized spacial score (nSPS) is 10.1. The fraction of sp³-hybridized carbons (Fsp3) is 0.133. The molecular weight excluding hydrogens is 272 g/mol. The van der Waals surface area contributed by atoms with E-state index in [2.05, 4.69) is 5.32 Å². The molecule has 0 aliphatic rings. The van der Waals surface area contributed by atoms with Gasteiger partial charge in [0.05, 0.1) is 4.92 Å². The molecule has 0 bridgehead atoms. The molecule has 2 rings (SSSR count). The molecule has 0 aliphatic heterocycles. The maximum atomic E-state index is 11.1. The molecule has 0 aliphatic carbocycles. The first-order valence-corrected chi connectivity index (χ1v) is 6.29. The molecule has 0 saturated heterocycles. The maximum absolute atomic E-state index is 11.1. The van der Waals surface area contributed by atoms with E-state index in [0.29, 0.717) is 6.54 Å². The molecule has 0 amide bonds. The van der Waals surface area contributed by atoms with E-state index in [1.165, 1.54) is 18.2 Å². The second-order valence-electron chi connectivity index (χ2n) is 4.60. The highest BCUT2D eigenvalue weighted by atomic mass is 16.6. The molecule has 21 heavy (non-hydrogen) atoms. The van der Waals surface area contributed by atoms with Gasteiger partial charge >= 0.3 is 11.7 Å². The molecule has 2 aromatic rings. The van der Waals surface area contributed by atoms with Crippen molar-refractivity contribution in [2.24, 2.45) is 0 Å². The third kappa shape index (κ3) is 3.36. The zero-order valence-corrected chi connectivity index (χ0v) is 11.4. The van der Waals surface area contributed by atoms with Gasteiger partial charge < -0.3 is 10.4 Å². The SMILES string of the molecule is Cc1ccc(CNc2cccc(C(=O)O)c2[N+](=O)[O-])cc1. The summed E-state index contributed by atoms with van der Waals surface area (Å²) in [5.41, 5.74) is 1.53. The van der Waals surface area contributed by atoms with Gasteiger partial charge in [0.1, 0.15) is 11.3 Å². The van der Waals surface area contributed by atoms with Crippen molar-refractivity contribution in [3.63, 3.8) is 0 Å². The number of carboxylic acid groups (broad SMARTS) is 1. The van der Waals surface area contributed by atoms with Crippen LogP contribution in [0, 0.1) is 17.0 Å². The maximum Gasteiger partial charge on any atom is 0.342 e. The first-order chi connectivity index (χ1) is 9.99. The van der Waals surface area contributed by atoms with Crippen molar-refractivity contribution in [3.05, 3.63) is 69.3 Å². The largest absolute Gasteiger partial charge is 0.477 e. The number of anilines is 1. The number of hydrogen-bond donors (Lipinski definition) is 2. The number of hydrogen-bond acceptors (Lipinski definition) is 4. The first-order valence-electron chi connectivity index (χ1n) is 6.29. The number of aromatic carboxylic acids is 1. The van der Waals surface area contributed by atoms with E-state index in [0.717, 1.165) is 11.1 Å². The number of nitro benzene ring substituents is 1. The van der Waals surface area contributed by atoms with Crippen LogP contribution in [-0.2, 0) is 6.54 Å². The van der Waals surface area contributed by atoms with Crippen LogP contribution in [-0.4, -0.2) is 16.0 Å². The highest BCUT2D eigenvalue weighted by molar-refractivity contribution is 5.95. The molecule has 6 nitrogen and oxygen atoms in total. The molecule has 0 unspecified atom stereocenters. The van der Waals surface area contributed by atoms with Crippen molar-refractivity contribution in [2.75, 3.05) is 5.32 Å². The molecule has 108 valence electrons. The number of nitrogens with one attached hydrogen (secondary N) is 1. The summed E-state index contributed by atoms with van der Waals surface area (Å²) in [4.78, 5) is 21.5. The van der Waals surface area contributed by atoms with Gasteiger partial charge in [-0.1, -0.05) is 35.9 Å². The van der Waals surface area contributed by atoms with Gasteiger partial charge in [-0.25, -0.2) is 4.79 Å². The molecule has 2 N–H and O–H groups in total. The minimum Gasteiger partial charge on any atom is -0.477 e. The smallest absolute Gasteiger partial charge is 0.342 e. The predicted octanol–water partition coefficient (Wildman–Crippen LogP) is 3.21. The molecule has 0 fully saturated rings. The van der Waals surface area contributed by atoms with Gasteiger partial charge in [0.2, 0.25) is 0 Å². The third-order valence-corrected chi connectivity index (χ3v) is 3.05. The highest BCUT2D eigenvalue weighted by Gasteiger charge is 2.23. The van der Waals surface area contributed by atoms with Gasteiger partial charge in [-0.15, -0.1) is 0 Å². The van der Waals surface area contributed by atoms with Crippen LogP contribution >= 0.6 is 0 Å². The number of rotatable bonds is 5. The average Bonchev–Trinajstić information content (AvgIpc) is 2.46. The Morgan fingerprint density at radius 2 is 1.90 bits per heavy atom. The standard InChI is InChI=1S/C15H14N2O4/c1-10-5-7-11(8-6-10)9-16-13-4-2-3-12(15(18)19)14(13)17(20)21/h2-8,16H,9H2,1H3,(H,18,19). The zero-order chi connectivity index (χ0) is 15.4. The van der Waals surface area contributed by atoms with Crippen LogP contribution < -0.4 is 5.32 Å². The van der Waals surface area contributed by atoms with Crippen molar-refractivity contribution >= 4 is 17.3 Å². The van der Waals surface area contributed by atoms with Crippen molar-refractivity contribution in [1.29, 1.82) is 0 Å². The average molecular weight is 286 g/mol. The molecule has 6 heteroatoms. The summed E-state index contributed by atoms with van der Waals surface area (Å²) in [7, 11) is 0. The van der Waals surface area contributed by atoms with Crippen molar-refractivity contribution in [3.8, 4) is 0 Å². The lowest BCUT2D eigenvalue weighted by molar-refractivity contribution is -0.384. The number of nitro groups is 1. The summed E-state index contributed by atoms with van der Waals surface area (Å²) in [6.07, 6.45) is 0. The van der Waals surface area contributed by atoms with Crippen LogP contribution in [0.4, 0.5) is 11.4 Å². The first kappa shape index (κ1) is 14.5. The summed E-state index contributed by atoms with van der Waals surface area (Å²) < 4.78 is 0. The van der Waals surface area contributed by atoms with E-state index < -0.39 is 16.6 Å². The van der Waals surface area contributed by atoms with Crippen LogP contribution in [0.1, 0.15) is 21.5 Å². The van der Waals surface area contributed by atoms with Crippen LogP contribution in [0.15, 0.2) is 42.5 Å². The zero-order valence-electron chi connectivity index (χ0n) is 11.4. The minimum atomic E-state index is -1.32. The second kappa shape index (κ2) is 6.04. The van der Waals surface area contributed by atoms with Crippen LogP contribution in [0.25, 0.3) is 0 Å². The molecule has 2 aromatic carbocycles. The van der Waals surface area contributed by atoms with Gasteiger partial charge in [-0.2, -0.15) is 0 Å². The lowest BCUT2D eigenvalue weighted by Crippen LogP contribution is -2.07. The van der Waals surface area contributed by atoms with Crippen molar-refractivity contribution < 1.29 is 14.8 Å². The number of para-hydroxylation sites is 1. The minimum absolute atomic E-state index is 0.195. The van der Waals surface area contributed by atoms with E-state index in [9.17, 15) is 14.9 Å². The molecule has 0 heterocycles. The number of carbonyl (C=O) groups is 1. The van der Waals surface area contributed by atoms with Crippen LogP contribution in [0.3, 0.4) is 0 Å². The summed E-state index contributed by atoms with van der Waals surface area (Å²) in [6.45, 7) is 2.35. The number of benzene rings is 2. The summed E-state index contributed by atoms with van der Waals surface area (Å²) in [5, 5.41) is 23.0. The second-order valence-corrected chi connectivity index (χ2v) is 4.60. The fourth-order valence-electron chi connectivity index (χ4n) is 1.96. The number of carboxylic acids is 1. The Morgan fingerprint density at radius 3 is 2.48 bits per heavy atom. The molecule has 0 saturated carbocycles. The number of aryl methyl sites for hydroxylation is 1. The Labute approximate surface area is 121 Å². The summed E-state index contributed by atoms with van der Waals surface area (Å²) >= 11 is 0. The quantitative estimate of drug-likeness (QED) is 0.650. The van der Waals surface area contributed by atoms with Crippen LogP contribution in [0.2, 0.25) is 0 Å². The predicted molar refractivity (Wildman–Crippen MR) is 78.6 cm³/mol. The van der Waals surface area contributed by atoms with Crippen LogP contribution in [0.5, 0.6) is 0 Å². The van der Waals surface area contributed by atoms with E-state index in [1.807, 2.05) is 31.2 Å². The van der Waals surface area contributed by atoms with Gasteiger partial charge in [0, 0.05) is 6.54 Å². The van der Waals surface area contributed by atoms with Gasteiger partial charge in [-0.3, -0.25) is 10.1 Å². The Morgan fingerprint density at radius 1 is 1.24 bits per heavy atom. The number of nitrogens with zero attached hydrogens (tertiary/aromatic N) is 1. The topological polar surface area (TPSA) is 92.5 Å². The van der Waals surface area contributed by atoms with Crippen molar-refractivity contribution in [2.45, 2.75) is 13.5 Å². The van der Waals surface area contributed by atoms with Gasteiger partial charge in [0.25, 0.3) is 0 Å². The summed E-state index contributed by atoms with van der Waals surface area (Å²) in [6, 6.07) is 11.9. The van der Waals surface area contributed by atoms with E-state index in [4.69, 9.17) is 5.11 Å². The molecular formula is C15H14N2O4. The molecule has 0 aromatic heterocycles. The molecule has 0 radical (unpaired) electrons. The van der Waals surface area contributed by atoms with E-state index in [1.54, 1.807) is 0 Å². The van der Waals surface area contributed by atoms with E-state index in [-0.39, 0.29) is 11.3 Å². The monoisotopic (exact) mass is 286 g/mol. The van der Waals surface area contributed by atoms with E-state index >= 15 is 0 Å². The Hall–Kier alpha value is -2.89. The Bertz CT molecular complexity index is 681. The fourth-order valence-corrected chi connectivity index (χ4v) is 1.96. The molecule has 0 spiro atoms. The lowest BCUT2D eigenvalue weighted by atomic mass is 10.1. The third-order valence-electron chi connectivity index (χ3n) is 3.05. The lowest BCUT2D eigenvalue weighted by Gasteiger charge is -2.09.